The summed E-state index contributed by atoms with van der Waals surface area (Å²) in [6.45, 7) is 3.28. The van der Waals surface area contributed by atoms with E-state index in [0.29, 0.717) is 29.9 Å². The van der Waals surface area contributed by atoms with Crippen molar-refractivity contribution < 1.29 is 13.6 Å². The molecule has 2 unspecified atom stereocenters. The predicted octanol–water partition coefficient (Wildman–Crippen LogP) is 2.17. The Hall–Kier alpha value is -2.85. The molecule has 10 heteroatoms. The highest BCUT2D eigenvalue weighted by Crippen LogP contribution is 2.27. The minimum Gasteiger partial charge on any atom is -0.364 e. The predicted molar refractivity (Wildman–Crippen MR) is 115 cm³/mol. The first-order valence-electron chi connectivity index (χ1n) is 9.84. The summed E-state index contributed by atoms with van der Waals surface area (Å²) in [6, 6.07) is 7.55. The Kier molecular flexibility index (Phi) is 5.78. The average Bonchev–Trinajstić information content (AvgIpc) is 3.33. The monoisotopic (exact) mass is 428 g/mol. The molecule has 0 aliphatic carbocycles. The zero-order chi connectivity index (χ0) is 21.3. The van der Waals surface area contributed by atoms with Crippen molar-refractivity contribution in [2.75, 3.05) is 18.4 Å². The maximum absolute atomic E-state index is 11.9. The molecule has 0 radical (unpaired) electrons. The largest absolute Gasteiger partial charge is 0.364 e. The lowest BCUT2D eigenvalue weighted by Crippen LogP contribution is -2.31. The van der Waals surface area contributed by atoms with Crippen molar-refractivity contribution in [2.45, 2.75) is 31.6 Å². The molecule has 1 aliphatic heterocycles. The van der Waals surface area contributed by atoms with E-state index < -0.39 is 11.1 Å². The summed E-state index contributed by atoms with van der Waals surface area (Å²) >= 11 is -1.87. The highest BCUT2D eigenvalue weighted by molar-refractivity contribution is 7.78. The summed E-state index contributed by atoms with van der Waals surface area (Å²) in [5, 5.41) is 3.43. The molecule has 0 saturated carbocycles. The molecule has 2 aromatic heterocycles. The Bertz CT molecular complexity index is 1100. The summed E-state index contributed by atoms with van der Waals surface area (Å²) < 4.78 is 22.0. The SMILES string of the molecule is CCC(=O)N1CCC(Nc2ncnc3c2nc(-c2ccc(CS(=O)O)cc2)n3C)C1. The van der Waals surface area contributed by atoms with E-state index >= 15 is 0 Å². The van der Waals surface area contributed by atoms with Crippen LogP contribution in [0.4, 0.5) is 5.82 Å². The molecule has 9 nitrogen and oxygen atoms in total. The summed E-state index contributed by atoms with van der Waals surface area (Å²) in [6.07, 6.45) is 2.89. The van der Waals surface area contributed by atoms with Gasteiger partial charge >= 0.3 is 0 Å². The zero-order valence-corrected chi connectivity index (χ0v) is 17.7. The van der Waals surface area contributed by atoms with Gasteiger partial charge in [-0.3, -0.25) is 4.79 Å². The van der Waals surface area contributed by atoms with Crippen LogP contribution in [0.1, 0.15) is 25.3 Å². The minimum absolute atomic E-state index is 0.0985. The van der Waals surface area contributed by atoms with Crippen molar-refractivity contribution in [2.24, 2.45) is 7.05 Å². The average molecular weight is 429 g/mol. The van der Waals surface area contributed by atoms with Gasteiger partial charge < -0.3 is 19.3 Å². The Morgan fingerprint density at radius 1 is 1.30 bits per heavy atom. The van der Waals surface area contributed by atoms with Gasteiger partial charge in [0.25, 0.3) is 0 Å². The molecule has 3 heterocycles. The van der Waals surface area contributed by atoms with E-state index in [0.717, 1.165) is 29.9 Å². The third-order valence-corrected chi connectivity index (χ3v) is 5.92. The van der Waals surface area contributed by atoms with Crippen molar-refractivity contribution in [1.82, 2.24) is 24.4 Å². The quantitative estimate of drug-likeness (QED) is 0.579. The van der Waals surface area contributed by atoms with E-state index in [-0.39, 0.29) is 17.7 Å². The molecular weight excluding hydrogens is 404 g/mol. The minimum atomic E-state index is -1.87. The summed E-state index contributed by atoms with van der Waals surface area (Å²) in [7, 11) is 1.90. The fraction of sp³-hybridized carbons (Fsp3) is 0.400. The lowest BCUT2D eigenvalue weighted by molar-refractivity contribution is -0.129. The van der Waals surface area contributed by atoms with Crippen LogP contribution < -0.4 is 5.32 Å². The smallest absolute Gasteiger partial charge is 0.222 e. The molecule has 30 heavy (non-hydrogen) atoms. The van der Waals surface area contributed by atoms with E-state index in [1.165, 1.54) is 6.33 Å². The van der Waals surface area contributed by atoms with Crippen LogP contribution in [0.15, 0.2) is 30.6 Å². The highest BCUT2D eigenvalue weighted by atomic mass is 32.2. The summed E-state index contributed by atoms with van der Waals surface area (Å²) in [4.78, 5) is 27.4. The van der Waals surface area contributed by atoms with Gasteiger partial charge in [-0.05, 0) is 12.0 Å². The van der Waals surface area contributed by atoms with Crippen molar-refractivity contribution in [3.8, 4) is 11.4 Å². The van der Waals surface area contributed by atoms with Gasteiger partial charge in [0.15, 0.2) is 28.1 Å². The van der Waals surface area contributed by atoms with Gasteiger partial charge in [-0.15, -0.1) is 0 Å². The number of imidazole rings is 1. The number of aryl methyl sites for hydroxylation is 1. The van der Waals surface area contributed by atoms with Crippen LogP contribution in [0, 0.1) is 0 Å². The van der Waals surface area contributed by atoms with Crippen LogP contribution in [-0.4, -0.2) is 58.2 Å². The molecule has 1 aromatic carbocycles. The van der Waals surface area contributed by atoms with Crippen molar-refractivity contribution in [1.29, 1.82) is 0 Å². The number of nitrogens with one attached hydrogen (secondary N) is 1. The fourth-order valence-corrected chi connectivity index (χ4v) is 4.25. The number of carbonyl (C=O) groups excluding carboxylic acids is 1. The second kappa shape index (κ2) is 8.49. The van der Waals surface area contributed by atoms with Crippen LogP contribution in [0.3, 0.4) is 0 Å². The zero-order valence-electron chi connectivity index (χ0n) is 16.9. The molecule has 3 aromatic rings. The first kappa shape index (κ1) is 20.4. The molecule has 0 bridgehead atoms. The van der Waals surface area contributed by atoms with Gasteiger partial charge in [-0.2, -0.15) is 0 Å². The molecule has 0 spiro atoms. The third-order valence-electron chi connectivity index (χ3n) is 5.34. The van der Waals surface area contributed by atoms with Crippen molar-refractivity contribution in [3.63, 3.8) is 0 Å². The first-order valence-corrected chi connectivity index (χ1v) is 11.1. The number of benzene rings is 1. The molecule has 2 N–H and O–H groups in total. The van der Waals surface area contributed by atoms with E-state index in [1.807, 2.05) is 47.7 Å². The molecule has 1 aliphatic rings. The van der Waals surface area contributed by atoms with Crippen molar-refractivity contribution >= 4 is 34.0 Å². The first-order chi connectivity index (χ1) is 14.5. The van der Waals surface area contributed by atoms with E-state index in [1.54, 1.807) is 0 Å². The van der Waals surface area contributed by atoms with Crippen molar-refractivity contribution in [3.05, 3.63) is 36.2 Å². The van der Waals surface area contributed by atoms with Crippen LogP contribution in [0.25, 0.3) is 22.6 Å². The third kappa shape index (κ3) is 4.05. The Morgan fingerprint density at radius 3 is 2.77 bits per heavy atom. The van der Waals surface area contributed by atoms with E-state index in [9.17, 15) is 9.00 Å². The Balaban J connectivity index is 1.60. The molecule has 158 valence electrons. The molecule has 1 amide bonds. The normalized spacial score (nSPS) is 17.4. The number of hydrogen-bond donors (Lipinski definition) is 2. The molecule has 2 atom stereocenters. The van der Waals surface area contributed by atoms with Gasteiger partial charge in [0, 0.05) is 38.2 Å². The van der Waals surface area contributed by atoms with Crippen LogP contribution in [0.2, 0.25) is 0 Å². The number of anilines is 1. The van der Waals surface area contributed by atoms with Gasteiger partial charge in [0.2, 0.25) is 5.91 Å². The lowest BCUT2D eigenvalue weighted by Gasteiger charge is -2.16. The van der Waals surface area contributed by atoms with Gasteiger partial charge in [-0.25, -0.2) is 19.2 Å². The summed E-state index contributed by atoms with van der Waals surface area (Å²) in [5.41, 5.74) is 3.06. The number of amides is 1. The van der Waals surface area contributed by atoms with Gasteiger partial charge in [0.1, 0.15) is 12.2 Å². The molecule has 1 saturated heterocycles. The number of rotatable bonds is 6. The number of likely N-dealkylation sites (tertiary alicyclic amines) is 1. The van der Waals surface area contributed by atoms with E-state index in [4.69, 9.17) is 9.54 Å². The number of aromatic nitrogens is 4. The molecule has 4 rings (SSSR count). The summed E-state index contributed by atoms with van der Waals surface area (Å²) in [5.74, 6) is 1.66. The lowest BCUT2D eigenvalue weighted by atomic mass is 10.1. The Labute approximate surface area is 176 Å². The van der Waals surface area contributed by atoms with E-state index in [2.05, 4.69) is 15.3 Å². The number of nitrogens with zero attached hydrogens (tertiary/aromatic N) is 5. The number of hydrogen-bond acceptors (Lipinski definition) is 6. The maximum atomic E-state index is 11.9. The highest BCUT2D eigenvalue weighted by Gasteiger charge is 2.26. The Morgan fingerprint density at radius 2 is 2.07 bits per heavy atom. The fourth-order valence-electron chi connectivity index (χ4n) is 3.78. The van der Waals surface area contributed by atoms with Gasteiger partial charge in [-0.1, -0.05) is 31.2 Å². The number of carbonyl (C=O) groups is 1. The standard InChI is InChI=1S/C20H24N6O3S/c1-3-16(27)26-9-8-15(10-26)23-18-17-20(22-12-21-18)25(2)19(24-17)14-6-4-13(5-7-14)11-30(28)29/h4-7,12,15H,3,8-11H2,1-2H3,(H,28,29)(H,21,22,23). The topological polar surface area (TPSA) is 113 Å². The van der Waals surface area contributed by atoms with Gasteiger partial charge in [0.05, 0.1) is 5.75 Å². The molecule has 1 fully saturated rings. The second-order valence-corrected chi connectivity index (χ2v) is 8.31. The number of fused-ring (bicyclic) bond motifs is 1. The van der Waals surface area contributed by atoms with Crippen LogP contribution in [0.5, 0.6) is 0 Å². The van der Waals surface area contributed by atoms with Crippen LogP contribution >= 0.6 is 0 Å². The van der Waals surface area contributed by atoms with Crippen LogP contribution in [-0.2, 0) is 28.7 Å². The molecular formula is C20H24N6O3S. The maximum Gasteiger partial charge on any atom is 0.222 e. The second-order valence-electron chi connectivity index (χ2n) is 7.37.